The van der Waals surface area contributed by atoms with E-state index in [1.807, 2.05) is 0 Å². The molecule has 0 atom stereocenters. The number of nitrogens with two attached hydrogens (primary N) is 1. The predicted molar refractivity (Wildman–Crippen MR) is 58.6 cm³/mol. The molecule has 1 aromatic carbocycles. The average molecular weight is 241 g/mol. The number of anilines is 1. The van der Waals surface area contributed by atoms with Crippen LogP contribution in [0.15, 0.2) is 18.2 Å². The van der Waals surface area contributed by atoms with Crippen molar-refractivity contribution in [2.24, 2.45) is 5.73 Å². The third-order valence-corrected chi connectivity index (χ3v) is 2.45. The molecule has 1 aliphatic heterocycles. The van der Waals surface area contributed by atoms with Crippen molar-refractivity contribution >= 4 is 28.6 Å². The van der Waals surface area contributed by atoms with E-state index in [9.17, 15) is 9.59 Å². The Morgan fingerprint density at radius 2 is 2.31 bits per heavy atom. The van der Waals surface area contributed by atoms with Gasteiger partial charge in [0.05, 0.1) is 5.69 Å². The number of ether oxygens (including phenoxy) is 1. The number of fused-ring (bicyclic) bond motifs is 1. The van der Waals surface area contributed by atoms with Crippen molar-refractivity contribution in [3.05, 3.63) is 23.8 Å². The van der Waals surface area contributed by atoms with Gasteiger partial charge in [-0.3, -0.25) is 9.59 Å². The lowest BCUT2D eigenvalue weighted by Crippen LogP contribution is -2.40. The standard InChI is InChI=1S/C10H9ClN2O3/c11-10(15)13-7-3-6(4-12)1-2-8(7)16-5-9(13)14/h1-3H,4-5,12H2. The predicted octanol–water partition coefficient (Wildman–Crippen LogP) is 1.23. The van der Waals surface area contributed by atoms with Crippen molar-refractivity contribution < 1.29 is 14.3 Å². The molecule has 16 heavy (non-hydrogen) atoms. The van der Waals surface area contributed by atoms with Gasteiger partial charge in [-0.25, -0.2) is 4.90 Å². The lowest BCUT2D eigenvalue weighted by molar-refractivity contribution is -0.120. The minimum absolute atomic E-state index is 0.187. The normalized spacial score (nSPS) is 14.4. The number of imide groups is 1. The highest BCUT2D eigenvalue weighted by Gasteiger charge is 2.29. The summed E-state index contributed by atoms with van der Waals surface area (Å²) >= 11 is 5.35. The minimum atomic E-state index is -0.844. The minimum Gasteiger partial charge on any atom is -0.482 e. The van der Waals surface area contributed by atoms with E-state index in [2.05, 4.69) is 0 Å². The summed E-state index contributed by atoms with van der Waals surface area (Å²) in [4.78, 5) is 23.5. The van der Waals surface area contributed by atoms with Crippen LogP contribution in [-0.4, -0.2) is 17.9 Å². The lowest BCUT2D eigenvalue weighted by Gasteiger charge is -2.26. The largest absolute Gasteiger partial charge is 0.482 e. The lowest BCUT2D eigenvalue weighted by atomic mass is 10.1. The molecule has 1 heterocycles. The van der Waals surface area contributed by atoms with Crippen LogP contribution in [-0.2, 0) is 11.3 Å². The van der Waals surface area contributed by atoms with Gasteiger partial charge in [-0.1, -0.05) is 6.07 Å². The van der Waals surface area contributed by atoms with Crippen LogP contribution >= 0.6 is 11.6 Å². The van der Waals surface area contributed by atoms with Gasteiger partial charge < -0.3 is 10.5 Å². The zero-order valence-corrected chi connectivity index (χ0v) is 9.03. The fourth-order valence-corrected chi connectivity index (χ4v) is 1.70. The van der Waals surface area contributed by atoms with Crippen molar-refractivity contribution in [2.75, 3.05) is 11.5 Å². The van der Waals surface area contributed by atoms with E-state index in [4.69, 9.17) is 22.1 Å². The number of hydrogen-bond acceptors (Lipinski definition) is 4. The maximum atomic E-state index is 11.5. The molecule has 0 saturated heterocycles. The van der Waals surface area contributed by atoms with Gasteiger partial charge in [-0.15, -0.1) is 0 Å². The van der Waals surface area contributed by atoms with Crippen LogP contribution in [0, 0.1) is 0 Å². The quantitative estimate of drug-likeness (QED) is 0.592. The molecule has 0 aliphatic carbocycles. The summed E-state index contributed by atoms with van der Waals surface area (Å²) in [6, 6.07) is 5.05. The van der Waals surface area contributed by atoms with Gasteiger partial charge in [0, 0.05) is 6.54 Å². The number of rotatable bonds is 1. The first-order chi connectivity index (χ1) is 7.63. The number of nitrogens with zero attached hydrogens (tertiary/aromatic N) is 1. The molecule has 0 bridgehead atoms. The number of hydrogen-bond donors (Lipinski definition) is 1. The van der Waals surface area contributed by atoms with Crippen LogP contribution < -0.4 is 15.4 Å². The summed E-state index contributed by atoms with van der Waals surface area (Å²) in [5, 5.41) is -0.844. The highest BCUT2D eigenvalue weighted by atomic mass is 35.5. The van der Waals surface area contributed by atoms with Gasteiger partial charge in [0.25, 0.3) is 5.91 Å². The molecule has 0 radical (unpaired) electrons. The first kappa shape index (κ1) is 10.9. The summed E-state index contributed by atoms with van der Waals surface area (Å²) in [6.45, 7) is 0.124. The zero-order chi connectivity index (χ0) is 11.7. The van der Waals surface area contributed by atoms with E-state index in [0.29, 0.717) is 18.0 Å². The SMILES string of the molecule is NCc1ccc2c(c1)N(C(=O)Cl)C(=O)CO2. The molecule has 0 saturated carbocycles. The molecule has 2 amide bonds. The summed E-state index contributed by atoms with van der Waals surface area (Å²) in [5.41, 5.74) is 6.62. The Bertz CT molecular complexity index is 461. The highest BCUT2D eigenvalue weighted by Crippen LogP contribution is 2.33. The van der Waals surface area contributed by atoms with Gasteiger partial charge in [-0.05, 0) is 29.3 Å². The molecule has 5 nitrogen and oxygen atoms in total. The topological polar surface area (TPSA) is 72.6 Å². The monoisotopic (exact) mass is 240 g/mol. The van der Waals surface area contributed by atoms with Crippen LogP contribution in [0.5, 0.6) is 5.75 Å². The Morgan fingerprint density at radius 3 is 2.94 bits per heavy atom. The van der Waals surface area contributed by atoms with E-state index in [0.717, 1.165) is 10.5 Å². The fourth-order valence-electron chi connectivity index (χ4n) is 1.52. The van der Waals surface area contributed by atoms with Crippen LogP contribution in [0.4, 0.5) is 10.5 Å². The molecule has 6 heteroatoms. The summed E-state index contributed by atoms with van der Waals surface area (Å²) in [5.74, 6) is -0.0347. The van der Waals surface area contributed by atoms with Gasteiger partial charge in [-0.2, -0.15) is 0 Å². The number of carbonyl (C=O) groups is 2. The molecule has 0 aromatic heterocycles. The van der Waals surface area contributed by atoms with Crippen LogP contribution in [0.25, 0.3) is 0 Å². The number of benzene rings is 1. The first-order valence-corrected chi connectivity index (χ1v) is 4.99. The Morgan fingerprint density at radius 1 is 1.56 bits per heavy atom. The van der Waals surface area contributed by atoms with Crippen molar-refractivity contribution in [1.82, 2.24) is 0 Å². The highest BCUT2D eigenvalue weighted by molar-refractivity contribution is 6.68. The van der Waals surface area contributed by atoms with Gasteiger partial charge in [0.2, 0.25) is 0 Å². The van der Waals surface area contributed by atoms with Crippen molar-refractivity contribution in [3.8, 4) is 5.75 Å². The molecule has 2 rings (SSSR count). The molecular formula is C10H9ClN2O3. The van der Waals surface area contributed by atoms with Crippen LogP contribution in [0.2, 0.25) is 0 Å². The zero-order valence-electron chi connectivity index (χ0n) is 8.27. The van der Waals surface area contributed by atoms with E-state index >= 15 is 0 Å². The maximum Gasteiger partial charge on any atom is 0.327 e. The molecule has 84 valence electrons. The van der Waals surface area contributed by atoms with E-state index in [1.165, 1.54) is 0 Å². The molecule has 0 fully saturated rings. The van der Waals surface area contributed by atoms with Crippen molar-refractivity contribution in [2.45, 2.75) is 6.54 Å². The molecule has 1 aromatic rings. The van der Waals surface area contributed by atoms with E-state index in [-0.39, 0.29) is 6.61 Å². The van der Waals surface area contributed by atoms with Crippen LogP contribution in [0.1, 0.15) is 5.56 Å². The third-order valence-electron chi connectivity index (χ3n) is 2.28. The van der Waals surface area contributed by atoms with Crippen molar-refractivity contribution in [1.29, 1.82) is 0 Å². The summed E-state index contributed by atoms with van der Waals surface area (Å²) in [7, 11) is 0. The molecule has 0 unspecified atom stereocenters. The van der Waals surface area contributed by atoms with E-state index < -0.39 is 11.3 Å². The Balaban J connectivity index is 2.52. The summed E-state index contributed by atoms with van der Waals surface area (Å²) in [6.07, 6.45) is 0. The second-order valence-corrected chi connectivity index (χ2v) is 3.60. The molecule has 0 spiro atoms. The number of halogens is 1. The fraction of sp³-hybridized carbons (Fsp3) is 0.200. The Labute approximate surface area is 96.7 Å². The van der Waals surface area contributed by atoms with Gasteiger partial charge in [0.1, 0.15) is 5.75 Å². The molecular weight excluding hydrogens is 232 g/mol. The van der Waals surface area contributed by atoms with Crippen LogP contribution in [0.3, 0.4) is 0 Å². The molecule has 2 N–H and O–H groups in total. The van der Waals surface area contributed by atoms with Gasteiger partial charge >= 0.3 is 5.37 Å². The van der Waals surface area contributed by atoms with Crippen molar-refractivity contribution in [3.63, 3.8) is 0 Å². The second kappa shape index (κ2) is 4.11. The number of carbonyl (C=O) groups excluding carboxylic acids is 2. The number of amides is 2. The van der Waals surface area contributed by atoms with Gasteiger partial charge in [0.15, 0.2) is 6.61 Å². The molecule has 1 aliphatic rings. The Hall–Kier alpha value is -1.59. The summed E-state index contributed by atoms with van der Waals surface area (Å²) < 4.78 is 5.17. The average Bonchev–Trinajstić information content (AvgIpc) is 2.27. The smallest absolute Gasteiger partial charge is 0.327 e. The third kappa shape index (κ3) is 1.75. The second-order valence-electron chi connectivity index (χ2n) is 3.28. The first-order valence-electron chi connectivity index (χ1n) is 4.61. The maximum absolute atomic E-state index is 11.5. The Kier molecular flexibility index (Phi) is 2.80. The van der Waals surface area contributed by atoms with E-state index in [1.54, 1.807) is 18.2 Å².